The number of nitrogens with zero attached hydrogens (tertiary/aromatic N) is 3. The van der Waals surface area contributed by atoms with Gasteiger partial charge in [-0.05, 0) is 55.5 Å². The van der Waals surface area contributed by atoms with Crippen molar-refractivity contribution < 1.29 is 0 Å². The molecule has 1 saturated carbocycles. The normalized spacial score (nSPS) is 19.2. The topological polar surface area (TPSA) is 75.6 Å². The van der Waals surface area contributed by atoms with Crippen LogP contribution in [0.3, 0.4) is 0 Å². The van der Waals surface area contributed by atoms with Gasteiger partial charge in [0.1, 0.15) is 0 Å². The summed E-state index contributed by atoms with van der Waals surface area (Å²) in [5, 5.41) is 9.63. The molecule has 3 heterocycles. The lowest BCUT2D eigenvalue weighted by molar-refractivity contribution is 0.269. The SMILES string of the molecule is O=c1ccc(-c2cccnc2)nn1C1CCC(NCc2c[nH]c3ccccc23)CC1. The molecule has 1 fully saturated rings. The maximum Gasteiger partial charge on any atom is 0.267 e. The van der Waals surface area contributed by atoms with Crippen molar-refractivity contribution in [3.63, 3.8) is 0 Å². The Bertz CT molecular complexity index is 1190. The first kappa shape index (κ1) is 18.8. The maximum absolute atomic E-state index is 12.5. The van der Waals surface area contributed by atoms with E-state index in [1.807, 2.05) is 12.1 Å². The van der Waals surface area contributed by atoms with Crippen molar-refractivity contribution in [1.82, 2.24) is 25.1 Å². The molecule has 5 rings (SSSR count). The first-order chi connectivity index (χ1) is 14.8. The molecule has 30 heavy (non-hydrogen) atoms. The summed E-state index contributed by atoms with van der Waals surface area (Å²) in [5.41, 5.74) is 4.17. The number of H-pyrrole nitrogens is 1. The van der Waals surface area contributed by atoms with E-state index in [4.69, 9.17) is 0 Å². The highest BCUT2D eigenvalue weighted by molar-refractivity contribution is 5.82. The summed E-state index contributed by atoms with van der Waals surface area (Å²) in [4.78, 5) is 20.0. The minimum atomic E-state index is -0.0298. The largest absolute Gasteiger partial charge is 0.361 e. The summed E-state index contributed by atoms with van der Waals surface area (Å²) in [6, 6.07) is 16.3. The van der Waals surface area contributed by atoms with Gasteiger partial charge in [-0.15, -0.1) is 0 Å². The van der Waals surface area contributed by atoms with Crippen LogP contribution in [-0.4, -0.2) is 25.8 Å². The lowest BCUT2D eigenvalue weighted by Gasteiger charge is -2.29. The fourth-order valence-electron chi connectivity index (χ4n) is 4.41. The van der Waals surface area contributed by atoms with E-state index in [1.54, 1.807) is 29.2 Å². The van der Waals surface area contributed by atoms with Crippen molar-refractivity contribution in [1.29, 1.82) is 0 Å². The van der Waals surface area contributed by atoms with Gasteiger partial charge >= 0.3 is 0 Å². The fraction of sp³-hybridized carbons (Fsp3) is 0.292. The molecule has 0 bridgehead atoms. The van der Waals surface area contributed by atoms with Crippen molar-refractivity contribution in [2.75, 3.05) is 0 Å². The standard InChI is InChI=1S/C24H25N5O/c30-24-12-11-22(17-4-3-13-25-14-17)28-29(24)20-9-7-19(8-10-20)26-15-18-16-27-23-6-2-1-5-21(18)23/h1-6,11-14,16,19-20,26-27H,7-10,15H2. The molecular weight excluding hydrogens is 374 g/mol. The second-order valence-corrected chi connectivity index (χ2v) is 7.99. The van der Waals surface area contributed by atoms with E-state index in [1.165, 1.54) is 16.5 Å². The van der Waals surface area contributed by atoms with Gasteiger partial charge in [0.2, 0.25) is 0 Å². The molecule has 0 atom stereocenters. The predicted molar refractivity (Wildman–Crippen MR) is 118 cm³/mol. The third-order valence-corrected chi connectivity index (χ3v) is 6.08. The monoisotopic (exact) mass is 399 g/mol. The zero-order valence-corrected chi connectivity index (χ0v) is 16.8. The molecule has 0 unspecified atom stereocenters. The number of para-hydroxylation sites is 1. The smallest absolute Gasteiger partial charge is 0.267 e. The van der Waals surface area contributed by atoms with Crippen molar-refractivity contribution in [2.24, 2.45) is 0 Å². The van der Waals surface area contributed by atoms with Crippen LogP contribution in [0.25, 0.3) is 22.2 Å². The summed E-state index contributed by atoms with van der Waals surface area (Å²) in [7, 11) is 0. The molecule has 0 aliphatic heterocycles. The van der Waals surface area contributed by atoms with Gasteiger partial charge in [0, 0.05) is 53.7 Å². The minimum Gasteiger partial charge on any atom is -0.361 e. The molecule has 3 aromatic heterocycles. The number of benzene rings is 1. The van der Waals surface area contributed by atoms with Crippen LogP contribution in [0.4, 0.5) is 0 Å². The molecule has 4 aromatic rings. The summed E-state index contributed by atoms with van der Waals surface area (Å²) < 4.78 is 1.68. The Morgan fingerprint density at radius 2 is 1.90 bits per heavy atom. The van der Waals surface area contributed by atoms with Gasteiger partial charge in [-0.3, -0.25) is 9.78 Å². The molecule has 0 saturated heterocycles. The Labute approximate surface area is 175 Å². The van der Waals surface area contributed by atoms with Crippen LogP contribution < -0.4 is 10.9 Å². The summed E-state index contributed by atoms with van der Waals surface area (Å²) in [6.07, 6.45) is 9.60. The highest BCUT2D eigenvalue weighted by Crippen LogP contribution is 2.28. The average Bonchev–Trinajstić information content (AvgIpc) is 3.22. The zero-order chi connectivity index (χ0) is 20.3. The van der Waals surface area contributed by atoms with Crippen molar-refractivity contribution in [3.8, 4) is 11.3 Å². The Balaban J connectivity index is 1.23. The number of aromatic nitrogens is 4. The molecule has 1 aliphatic rings. The lowest BCUT2D eigenvalue weighted by Crippen LogP contribution is -2.36. The number of nitrogens with one attached hydrogen (secondary N) is 2. The third kappa shape index (κ3) is 3.78. The number of pyridine rings is 1. The summed E-state index contributed by atoms with van der Waals surface area (Å²) >= 11 is 0. The zero-order valence-electron chi connectivity index (χ0n) is 16.8. The number of fused-ring (bicyclic) bond motifs is 1. The molecule has 2 N–H and O–H groups in total. The van der Waals surface area contributed by atoms with Crippen LogP contribution in [0.5, 0.6) is 0 Å². The van der Waals surface area contributed by atoms with E-state index >= 15 is 0 Å². The van der Waals surface area contributed by atoms with Crippen molar-refractivity contribution in [3.05, 3.63) is 83.0 Å². The van der Waals surface area contributed by atoms with Gasteiger partial charge in [-0.1, -0.05) is 18.2 Å². The summed E-state index contributed by atoms with van der Waals surface area (Å²) in [6.45, 7) is 0.855. The molecule has 0 spiro atoms. The van der Waals surface area contributed by atoms with Gasteiger partial charge in [-0.2, -0.15) is 5.10 Å². The Morgan fingerprint density at radius 1 is 1.03 bits per heavy atom. The predicted octanol–water partition coefficient (Wildman–Crippen LogP) is 4.06. The van der Waals surface area contributed by atoms with Gasteiger partial charge < -0.3 is 10.3 Å². The molecular formula is C24H25N5O. The van der Waals surface area contributed by atoms with Crippen LogP contribution in [-0.2, 0) is 6.54 Å². The first-order valence-electron chi connectivity index (χ1n) is 10.6. The second kappa shape index (κ2) is 8.24. The van der Waals surface area contributed by atoms with Crippen LogP contribution >= 0.6 is 0 Å². The van der Waals surface area contributed by atoms with E-state index in [0.29, 0.717) is 6.04 Å². The number of rotatable bonds is 5. The van der Waals surface area contributed by atoms with Gasteiger partial charge in [0.25, 0.3) is 5.56 Å². The number of hydrogen-bond acceptors (Lipinski definition) is 4. The van der Waals surface area contributed by atoms with Crippen LogP contribution in [0.2, 0.25) is 0 Å². The number of hydrogen-bond donors (Lipinski definition) is 2. The fourth-order valence-corrected chi connectivity index (χ4v) is 4.41. The van der Waals surface area contributed by atoms with Crippen LogP contribution in [0.15, 0.2) is 71.9 Å². The van der Waals surface area contributed by atoms with Gasteiger partial charge in [-0.25, -0.2) is 4.68 Å². The van der Waals surface area contributed by atoms with E-state index in [-0.39, 0.29) is 11.6 Å². The van der Waals surface area contributed by atoms with Crippen LogP contribution in [0, 0.1) is 0 Å². The molecule has 0 amide bonds. The second-order valence-electron chi connectivity index (χ2n) is 7.99. The highest BCUT2D eigenvalue weighted by atomic mass is 16.1. The Kier molecular flexibility index (Phi) is 5.15. The highest BCUT2D eigenvalue weighted by Gasteiger charge is 2.24. The van der Waals surface area contributed by atoms with Crippen molar-refractivity contribution >= 4 is 10.9 Å². The number of aromatic amines is 1. The minimum absolute atomic E-state index is 0.0298. The van der Waals surface area contributed by atoms with Crippen LogP contribution in [0.1, 0.15) is 37.3 Å². The van der Waals surface area contributed by atoms with Gasteiger partial charge in [0.05, 0.1) is 11.7 Å². The Hall–Kier alpha value is -3.25. The summed E-state index contributed by atoms with van der Waals surface area (Å²) in [5.74, 6) is 0. The van der Waals surface area contributed by atoms with Gasteiger partial charge in [0.15, 0.2) is 0 Å². The maximum atomic E-state index is 12.5. The molecule has 1 aromatic carbocycles. The first-order valence-corrected chi connectivity index (χ1v) is 10.6. The molecule has 0 radical (unpaired) electrons. The lowest BCUT2D eigenvalue weighted by atomic mass is 9.91. The van der Waals surface area contributed by atoms with Crippen molar-refractivity contribution in [2.45, 2.75) is 44.3 Å². The third-order valence-electron chi connectivity index (χ3n) is 6.08. The molecule has 152 valence electrons. The Morgan fingerprint density at radius 3 is 2.73 bits per heavy atom. The average molecular weight is 399 g/mol. The molecule has 1 aliphatic carbocycles. The van der Waals surface area contributed by atoms with E-state index in [0.717, 1.165) is 43.5 Å². The van der Waals surface area contributed by atoms with E-state index < -0.39 is 0 Å². The van der Waals surface area contributed by atoms with E-state index in [2.05, 4.69) is 50.8 Å². The molecule has 6 nitrogen and oxygen atoms in total. The quantitative estimate of drug-likeness (QED) is 0.531. The van der Waals surface area contributed by atoms with E-state index in [9.17, 15) is 4.79 Å². The molecule has 6 heteroatoms.